The van der Waals surface area contributed by atoms with Crippen molar-refractivity contribution in [1.82, 2.24) is 0 Å². The summed E-state index contributed by atoms with van der Waals surface area (Å²) in [4.78, 5) is 23.9. The van der Waals surface area contributed by atoms with Crippen molar-refractivity contribution in [1.29, 1.82) is 0 Å². The Hall–Kier alpha value is -4.18. The maximum atomic E-state index is 11.9. The van der Waals surface area contributed by atoms with E-state index in [2.05, 4.69) is 52.0 Å². The number of carbonyl (C=O) groups excluding carboxylic acids is 2. The third-order valence-corrected chi connectivity index (χ3v) is 7.31. The van der Waals surface area contributed by atoms with E-state index in [9.17, 15) is 9.59 Å². The Balaban J connectivity index is 1.75. The predicted octanol–water partition coefficient (Wildman–Crippen LogP) is 8.11. The van der Waals surface area contributed by atoms with Crippen LogP contribution >= 0.6 is 0 Å². The van der Waals surface area contributed by atoms with Crippen LogP contribution in [0.5, 0.6) is 0 Å². The maximum absolute atomic E-state index is 11.9. The van der Waals surface area contributed by atoms with Crippen molar-refractivity contribution < 1.29 is 19.1 Å². The van der Waals surface area contributed by atoms with Crippen LogP contribution in [0.25, 0.3) is 33.4 Å². The van der Waals surface area contributed by atoms with Gasteiger partial charge in [0.05, 0.1) is 25.3 Å². The Kier molecular flexibility index (Phi) is 7.54. The van der Waals surface area contributed by atoms with Crippen molar-refractivity contribution >= 4 is 11.9 Å². The van der Waals surface area contributed by atoms with Gasteiger partial charge >= 0.3 is 11.9 Å². The van der Waals surface area contributed by atoms with E-state index in [4.69, 9.17) is 9.47 Å². The Morgan fingerprint density at radius 3 is 0.947 bits per heavy atom. The molecule has 0 saturated heterocycles. The third-order valence-electron chi connectivity index (χ3n) is 7.31. The van der Waals surface area contributed by atoms with Gasteiger partial charge < -0.3 is 9.47 Å². The SMILES string of the molecule is COC(=O)c1ccc(-c2cc(C)c(-c3cc(C)c(-c4ccc(C(=O)OC)cc4C)cc3C)cc2C)c(C)c1. The van der Waals surface area contributed by atoms with Gasteiger partial charge in [0.15, 0.2) is 0 Å². The average Bonchev–Trinajstić information content (AvgIpc) is 2.90. The number of ether oxygens (including phenoxy) is 2. The van der Waals surface area contributed by atoms with E-state index in [-0.39, 0.29) is 11.9 Å². The lowest BCUT2D eigenvalue weighted by Gasteiger charge is -2.19. The van der Waals surface area contributed by atoms with Crippen LogP contribution in [-0.2, 0) is 9.47 Å². The second kappa shape index (κ2) is 10.7. The first kappa shape index (κ1) is 26.9. The molecule has 0 radical (unpaired) electrons. The molecule has 0 heterocycles. The van der Waals surface area contributed by atoms with Crippen molar-refractivity contribution in [2.45, 2.75) is 41.5 Å². The molecule has 4 heteroatoms. The summed E-state index contributed by atoms with van der Waals surface area (Å²) >= 11 is 0. The second-order valence-corrected chi connectivity index (χ2v) is 10.0. The molecule has 0 aliphatic carbocycles. The summed E-state index contributed by atoms with van der Waals surface area (Å²) in [5, 5.41) is 0. The summed E-state index contributed by atoms with van der Waals surface area (Å²) in [5.74, 6) is -0.654. The summed E-state index contributed by atoms with van der Waals surface area (Å²) in [7, 11) is 2.80. The van der Waals surface area contributed by atoms with Crippen molar-refractivity contribution in [3.63, 3.8) is 0 Å². The Morgan fingerprint density at radius 2 is 0.684 bits per heavy atom. The Morgan fingerprint density at radius 1 is 0.421 bits per heavy atom. The van der Waals surface area contributed by atoms with E-state index < -0.39 is 0 Å². The summed E-state index contributed by atoms with van der Waals surface area (Å²) < 4.78 is 9.74. The van der Waals surface area contributed by atoms with Crippen LogP contribution in [0.3, 0.4) is 0 Å². The highest BCUT2D eigenvalue weighted by molar-refractivity contribution is 5.92. The van der Waals surface area contributed by atoms with Crippen molar-refractivity contribution in [2.24, 2.45) is 0 Å². The van der Waals surface area contributed by atoms with Gasteiger partial charge in [-0.15, -0.1) is 0 Å². The van der Waals surface area contributed by atoms with Crippen LogP contribution in [0.15, 0.2) is 60.7 Å². The largest absolute Gasteiger partial charge is 0.465 e. The molecule has 0 spiro atoms. The van der Waals surface area contributed by atoms with Gasteiger partial charge in [-0.25, -0.2) is 9.59 Å². The molecule has 4 nitrogen and oxygen atoms in total. The van der Waals surface area contributed by atoms with Crippen molar-refractivity contribution in [3.05, 3.63) is 105 Å². The highest BCUT2D eigenvalue weighted by Crippen LogP contribution is 2.38. The fraction of sp³-hybridized carbons (Fsp3) is 0.235. The van der Waals surface area contributed by atoms with Gasteiger partial charge in [-0.2, -0.15) is 0 Å². The van der Waals surface area contributed by atoms with E-state index >= 15 is 0 Å². The predicted molar refractivity (Wildman–Crippen MR) is 154 cm³/mol. The molecule has 0 fully saturated rings. The summed E-state index contributed by atoms with van der Waals surface area (Å²) in [6, 6.07) is 20.4. The number of rotatable bonds is 5. The molecule has 4 rings (SSSR count). The first-order valence-corrected chi connectivity index (χ1v) is 12.7. The van der Waals surface area contributed by atoms with E-state index in [1.165, 1.54) is 47.6 Å². The molecule has 4 aromatic carbocycles. The number of esters is 2. The lowest BCUT2D eigenvalue weighted by atomic mass is 9.86. The fourth-order valence-corrected chi connectivity index (χ4v) is 5.21. The third kappa shape index (κ3) is 4.99. The molecule has 0 amide bonds. The molecule has 0 N–H and O–H groups in total. The molecule has 38 heavy (non-hydrogen) atoms. The summed E-state index contributed by atoms with van der Waals surface area (Å²) in [6.45, 7) is 12.6. The number of benzene rings is 4. The van der Waals surface area contributed by atoms with Gasteiger partial charge in [0, 0.05) is 0 Å². The topological polar surface area (TPSA) is 52.6 Å². The molecule has 0 saturated carbocycles. The lowest BCUT2D eigenvalue weighted by Crippen LogP contribution is -2.02. The molecular weight excluding hydrogens is 472 g/mol. The number of aryl methyl sites for hydroxylation is 6. The molecule has 0 aliphatic rings. The zero-order valence-electron chi connectivity index (χ0n) is 23.4. The highest BCUT2D eigenvalue weighted by Gasteiger charge is 2.16. The van der Waals surface area contributed by atoms with E-state index in [1.807, 2.05) is 50.2 Å². The first-order chi connectivity index (χ1) is 18.0. The summed E-state index contributed by atoms with van der Waals surface area (Å²) in [5.41, 5.74) is 14.9. The summed E-state index contributed by atoms with van der Waals surface area (Å²) in [6.07, 6.45) is 0. The molecule has 0 atom stereocenters. The Labute approximate surface area is 225 Å². The normalized spacial score (nSPS) is 10.8. The van der Waals surface area contributed by atoms with Crippen LogP contribution in [0.4, 0.5) is 0 Å². The van der Waals surface area contributed by atoms with Crippen LogP contribution in [0.1, 0.15) is 54.1 Å². The molecule has 0 aliphatic heterocycles. The zero-order valence-corrected chi connectivity index (χ0v) is 23.4. The highest BCUT2D eigenvalue weighted by atomic mass is 16.5. The van der Waals surface area contributed by atoms with Crippen molar-refractivity contribution in [2.75, 3.05) is 14.2 Å². The molecule has 0 bridgehead atoms. The second-order valence-electron chi connectivity index (χ2n) is 10.0. The number of methoxy groups -OCH3 is 2. The van der Waals surface area contributed by atoms with Gasteiger partial charge in [-0.1, -0.05) is 36.4 Å². The Bertz CT molecular complexity index is 1460. The first-order valence-electron chi connectivity index (χ1n) is 12.7. The van der Waals surface area contributed by atoms with Crippen LogP contribution in [0.2, 0.25) is 0 Å². The van der Waals surface area contributed by atoms with Crippen LogP contribution in [-0.4, -0.2) is 26.2 Å². The van der Waals surface area contributed by atoms with Gasteiger partial charge in [0.1, 0.15) is 0 Å². The van der Waals surface area contributed by atoms with Gasteiger partial charge in [-0.05, 0) is 133 Å². The van der Waals surface area contributed by atoms with Crippen molar-refractivity contribution in [3.8, 4) is 33.4 Å². The number of hydrogen-bond donors (Lipinski definition) is 0. The van der Waals surface area contributed by atoms with Crippen LogP contribution in [0, 0.1) is 41.5 Å². The van der Waals surface area contributed by atoms with E-state index in [1.54, 1.807) is 0 Å². The molecular formula is C34H34O4. The minimum absolute atomic E-state index is 0.327. The molecule has 194 valence electrons. The zero-order chi connectivity index (χ0) is 27.7. The van der Waals surface area contributed by atoms with E-state index in [0.29, 0.717) is 11.1 Å². The molecule has 4 aromatic rings. The van der Waals surface area contributed by atoms with Gasteiger partial charge in [0.2, 0.25) is 0 Å². The monoisotopic (exact) mass is 506 g/mol. The van der Waals surface area contributed by atoms with Gasteiger partial charge in [-0.3, -0.25) is 0 Å². The smallest absolute Gasteiger partial charge is 0.337 e. The minimum atomic E-state index is -0.327. The molecule has 0 unspecified atom stereocenters. The quantitative estimate of drug-likeness (QED) is 0.257. The fourth-order valence-electron chi connectivity index (χ4n) is 5.21. The van der Waals surface area contributed by atoms with E-state index in [0.717, 1.165) is 33.4 Å². The maximum Gasteiger partial charge on any atom is 0.337 e. The molecule has 0 aromatic heterocycles. The average molecular weight is 507 g/mol. The standard InChI is InChI=1S/C34H34O4/c1-19-13-25(33(35)37-7)9-11-27(19)29-15-23(5)31(17-21(29)3)32-18-22(4)30(16-24(32)6)28-12-10-26(14-20(28)2)34(36)38-8/h9-18H,1-8H3. The lowest BCUT2D eigenvalue weighted by molar-refractivity contribution is 0.0592. The number of hydrogen-bond acceptors (Lipinski definition) is 4. The number of carbonyl (C=O) groups is 2. The van der Waals surface area contributed by atoms with Gasteiger partial charge in [0.25, 0.3) is 0 Å². The van der Waals surface area contributed by atoms with Crippen LogP contribution < -0.4 is 0 Å². The minimum Gasteiger partial charge on any atom is -0.465 e.